The van der Waals surface area contributed by atoms with Crippen molar-refractivity contribution in [3.8, 4) is 5.75 Å². The van der Waals surface area contributed by atoms with Crippen LogP contribution in [0, 0.1) is 5.92 Å². The van der Waals surface area contributed by atoms with Crippen molar-refractivity contribution in [2.45, 2.75) is 51.2 Å². The lowest BCUT2D eigenvalue weighted by Gasteiger charge is -2.55. The van der Waals surface area contributed by atoms with Crippen molar-refractivity contribution in [3.05, 3.63) is 29.3 Å². The topological polar surface area (TPSA) is 32.7 Å². The third kappa shape index (κ3) is 2.36. The van der Waals surface area contributed by atoms with Crippen molar-refractivity contribution < 1.29 is 9.84 Å². The lowest BCUT2D eigenvalue weighted by molar-refractivity contribution is -0.00624. The van der Waals surface area contributed by atoms with Gasteiger partial charge in [-0.05, 0) is 60.9 Å². The molecule has 3 rings (SSSR count). The van der Waals surface area contributed by atoms with Gasteiger partial charge in [0.05, 0.1) is 6.10 Å². The van der Waals surface area contributed by atoms with Crippen LogP contribution >= 0.6 is 0 Å². The smallest absolute Gasteiger partial charge is 0.115 e. The summed E-state index contributed by atoms with van der Waals surface area (Å²) in [5.41, 5.74) is 2.96. The van der Waals surface area contributed by atoms with E-state index < -0.39 is 0 Å². The highest BCUT2D eigenvalue weighted by Crippen LogP contribution is 2.49. The molecule has 0 saturated carbocycles. The molecule has 1 aromatic carbocycles. The molecule has 0 amide bonds. The summed E-state index contributed by atoms with van der Waals surface area (Å²) in [6.07, 6.45) is 2.52. The first-order valence-corrected chi connectivity index (χ1v) is 8.05. The number of ether oxygens (including phenoxy) is 1. The minimum absolute atomic E-state index is 0.184. The van der Waals surface area contributed by atoms with Crippen molar-refractivity contribution in [1.82, 2.24) is 4.90 Å². The van der Waals surface area contributed by atoms with Crippen LogP contribution in [0.15, 0.2) is 18.2 Å². The van der Waals surface area contributed by atoms with Crippen LogP contribution < -0.4 is 0 Å². The minimum atomic E-state index is 0.184. The number of hydrogen-bond donors (Lipinski definition) is 1. The standard InChI is InChI=1S/C18H27NO2/c1-12(21-4)11-19-8-7-18(3)13(2)17(19)9-14-5-6-15(20)10-16(14)18/h5-6,10,12-13,17,20H,7-9,11H2,1-4H3/t12-,13-,17+,18+/m0/s1. The Morgan fingerprint density at radius 1 is 1.48 bits per heavy atom. The summed E-state index contributed by atoms with van der Waals surface area (Å²) in [5, 5.41) is 9.86. The molecular weight excluding hydrogens is 262 g/mol. The second-order valence-electron chi connectivity index (χ2n) is 7.11. The van der Waals surface area contributed by atoms with E-state index in [-0.39, 0.29) is 11.5 Å². The summed E-state index contributed by atoms with van der Waals surface area (Å²) < 4.78 is 5.46. The Bertz CT molecular complexity index is 530. The zero-order chi connectivity index (χ0) is 15.2. The van der Waals surface area contributed by atoms with Gasteiger partial charge in [-0.3, -0.25) is 4.90 Å². The highest BCUT2D eigenvalue weighted by Gasteiger charge is 2.48. The third-order valence-electron chi connectivity index (χ3n) is 6.00. The summed E-state index contributed by atoms with van der Waals surface area (Å²) in [7, 11) is 1.79. The number of hydrogen-bond acceptors (Lipinski definition) is 3. The number of methoxy groups -OCH3 is 1. The van der Waals surface area contributed by atoms with Crippen molar-refractivity contribution in [2.75, 3.05) is 20.2 Å². The molecule has 1 aromatic rings. The molecule has 116 valence electrons. The summed E-state index contributed by atoms with van der Waals surface area (Å²) >= 11 is 0. The Kier molecular flexibility index (Phi) is 3.74. The highest BCUT2D eigenvalue weighted by atomic mass is 16.5. The second kappa shape index (κ2) is 5.29. The minimum Gasteiger partial charge on any atom is -0.508 e. The quantitative estimate of drug-likeness (QED) is 0.928. The van der Waals surface area contributed by atoms with E-state index in [9.17, 15) is 5.11 Å². The van der Waals surface area contributed by atoms with Gasteiger partial charge in [-0.25, -0.2) is 0 Å². The predicted octanol–water partition coefficient (Wildman–Crippen LogP) is 2.95. The van der Waals surface area contributed by atoms with Crippen molar-refractivity contribution >= 4 is 0 Å². The highest BCUT2D eigenvalue weighted by molar-refractivity contribution is 5.44. The zero-order valence-corrected chi connectivity index (χ0v) is 13.6. The molecule has 1 saturated heterocycles. The molecule has 3 nitrogen and oxygen atoms in total. The number of rotatable bonds is 3. The maximum atomic E-state index is 9.86. The van der Waals surface area contributed by atoms with Crippen molar-refractivity contribution in [2.24, 2.45) is 5.92 Å². The van der Waals surface area contributed by atoms with Crippen molar-refractivity contribution in [3.63, 3.8) is 0 Å². The molecule has 0 radical (unpaired) electrons. The summed E-state index contributed by atoms with van der Waals surface area (Å²) in [6, 6.07) is 6.52. The van der Waals surface area contributed by atoms with E-state index in [0.29, 0.717) is 17.7 Å². The molecule has 3 heteroatoms. The van der Waals surface area contributed by atoms with E-state index in [2.05, 4.69) is 31.7 Å². The number of piperidine rings is 1. The van der Waals surface area contributed by atoms with Crippen LogP contribution in [0.2, 0.25) is 0 Å². The number of benzene rings is 1. The van der Waals surface area contributed by atoms with Crippen LogP contribution in [0.3, 0.4) is 0 Å². The first-order valence-electron chi connectivity index (χ1n) is 8.05. The molecule has 1 aliphatic heterocycles. The second-order valence-corrected chi connectivity index (χ2v) is 7.11. The van der Waals surface area contributed by atoms with Crippen LogP contribution in [0.5, 0.6) is 5.75 Å². The van der Waals surface area contributed by atoms with Gasteiger partial charge in [0, 0.05) is 19.7 Å². The third-order valence-corrected chi connectivity index (χ3v) is 6.00. The molecule has 1 aliphatic carbocycles. The molecule has 4 atom stereocenters. The van der Waals surface area contributed by atoms with E-state index in [1.54, 1.807) is 7.11 Å². The summed E-state index contributed by atoms with van der Waals surface area (Å²) in [5.74, 6) is 1.00. The molecule has 2 aliphatic rings. The predicted molar refractivity (Wildman–Crippen MR) is 84.8 cm³/mol. The van der Waals surface area contributed by atoms with Gasteiger partial charge in [0.2, 0.25) is 0 Å². The Morgan fingerprint density at radius 3 is 2.95 bits per heavy atom. The molecule has 1 N–H and O–H groups in total. The number of phenolic OH excluding ortho intramolecular Hbond substituents is 1. The maximum absolute atomic E-state index is 9.86. The summed E-state index contributed by atoms with van der Waals surface area (Å²) in [6.45, 7) is 9.02. The first kappa shape index (κ1) is 14.9. The average Bonchev–Trinajstić information content (AvgIpc) is 2.46. The number of phenols is 1. The molecule has 0 spiro atoms. The monoisotopic (exact) mass is 289 g/mol. The van der Waals surface area contributed by atoms with E-state index in [1.165, 1.54) is 11.1 Å². The van der Waals surface area contributed by atoms with Gasteiger partial charge >= 0.3 is 0 Å². The van der Waals surface area contributed by atoms with Crippen LogP contribution in [-0.4, -0.2) is 42.4 Å². The number of likely N-dealkylation sites (tertiary alicyclic amines) is 1. The molecule has 0 aromatic heterocycles. The van der Waals surface area contributed by atoms with Crippen LogP contribution in [-0.2, 0) is 16.6 Å². The first-order chi connectivity index (χ1) is 9.95. The largest absolute Gasteiger partial charge is 0.508 e. The lowest BCUT2D eigenvalue weighted by Crippen LogP contribution is -2.59. The van der Waals surface area contributed by atoms with Gasteiger partial charge in [0.25, 0.3) is 0 Å². The Labute approximate surface area is 127 Å². The van der Waals surface area contributed by atoms with Gasteiger partial charge in [0.1, 0.15) is 5.75 Å². The van der Waals surface area contributed by atoms with E-state index in [4.69, 9.17) is 4.74 Å². The van der Waals surface area contributed by atoms with Crippen molar-refractivity contribution in [1.29, 1.82) is 0 Å². The van der Waals surface area contributed by atoms with Crippen LogP contribution in [0.4, 0.5) is 0 Å². The molecule has 0 unspecified atom stereocenters. The van der Waals surface area contributed by atoms with Gasteiger partial charge < -0.3 is 9.84 Å². The van der Waals surface area contributed by atoms with Gasteiger partial charge in [-0.15, -0.1) is 0 Å². The van der Waals surface area contributed by atoms with E-state index >= 15 is 0 Å². The number of nitrogens with zero attached hydrogens (tertiary/aromatic N) is 1. The zero-order valence-electron chi connectivity index (χ0n) is 13.6. The molecular formula is C18H27NO2. The fraction of sp³-hybridized carbons (Fsp3) is 0.667. The van der Waals surface area contributed by atoms with Crippen LogP contribution in [0.25, 0.3) is 0 Å². The normalized spacial score (nSPS) is 33.5. The SMILES string of the molecule is CO[C@@H](C)CN1CC[C@@]2(C)c3cc(O)ccc3C[C@@H]1[C@@H]2C. The number of fused-ring (bicyclic) bond motifs is 4. The van der Waals surface area contributed by atoms with Gasteiger partial charge in [-0.2, -0.15) is 0 Å². The summed E-state index contributed by atoms with van der Waals surface area (Å²) in [4.78, 5) is 2.61. The lowest BCUT2D eigenvalue weighted by atomic mass is 9.59. The Hall–Kier alpha value is -1.06. The Balaban J connectivity index is 1.94. The van der Waals surface area contributed by atoms with Gasteiger partial charge in [0.15, 0.2) is 0 Å². The number of aromatic hydroxyl groups is 1. The molecule has 2 bridgehead atoms. The van der Waals surface area contributed by atoms with E-state index in [0.717, 1.165) is 25.9 Å². The Morgan fingerprint density at radius 2 is 2.24 bits per heavy atom. The maximum Gasteiger partial charge on any atom is 0.115 e. The van der Waals surface area contributed by atoms with Crippen LogP contribution in [0.1, 0.15) is 38.3 Å². The van der Waals surface area contributed by atoms with Gasteiger partial charge in [-0.1, -0.05) is 19.9 Å². The van der Waals surface area contributed by atoms with E-state index in [1.807, 2.05) is 12.1 Å². The molecule has 1 fully saturated rings. The fourth-order valence-corrected chi connectivity index (χ4v) is 4.33. The average molecular weight is 289 g/mol. The molecule has 21 heavy (non-hydrogen) atoms. The molecule has 1 heterocycles. The fourth-order valence-electron chi connectivity index (χ4n) is 4.33.